The van der Waals surface area contributed by atoms with Crippen molar-refractivity contribution in [2.45, 2.75) is 62.3 Å². The van der Waals surface area contributed by atoms with Gasteiger partial charge in [-0.15, -0.1) is 0 Å². The lowest BCUT2D eigenvalue weighted by Gasteiger charge is -2.27. The first-order valence-corrected chi connectivity index (χ1v) is 10.4. The van der Waals surface area contributed by atoms with Crippen molar-refractivity contribution in [3.8, 4) is 0 Å². The summed E-state index contributed by atoms with van der Waals surface area (Å²) in [4.78, 5) is 21.8. The van der Waals surface area contributed by atoms with Gasteiger partial charge < -0.3 is 10.4 Å². The van der Waals surface area contributed by atoms with Gasteiger partial charge in [0.1, 0.15) is 5.84 Å². The topological polar surface area (TPSA) is 74.0 Å². The molecule has 134 valence electrons. The summed E-state index contributed by atoms with van der Waals surface area (Å²) >= 11 is 1.84. The smallest absolute Gasteiger partial charge is 0.238 e. The van der Waals surface area contributed by atoms with Gasteiger partial charge in [-0.05, 0) is 57.1 Å². The molecule has 6 heteroatoms. The van der Waals surface area contributed by atoms with E-state index in [1.807, 2.05) is 30.0 Å². The molecule has 4 aliphatic rings. The van der Waals surface area contributed by atoms with Crippen LogP contribution in [0, 0.1) is 5.92 Å². The summed E-state index contributed by atoms with van der Waals surface area (Å²) in [7, 11) is 0. The second kappa shape index (κ2) is 7.46. The molecule has 25 heavy (non-hydrogen) atoms. The zero-order chi connectivity index (χ0) is 17.2. The Balaban J connectivity index is 1.41. The van der Waals surface area contributed by atoms with Gasteiger partial charge in [0, 0.05) is 5.25 Å². The van der Waals surface area contributed by atoms with E-state index in [0.717, 1.165) is 48.7 Å². The molecule has 2 N–H and O–H groups in total. The molecule has 1 atom stereocenters. The summed E-state index contributed by atoms with van der Waals surface area (Å²) in [6.07, 6.45) is 13.2. The fourth-order valence-corrected chi connectivity index (χ4v) is 4.73. The predicted octanol–water partition coefficient (Wildman–Crippen LogP) is 2.61. The zero-order valence-corrected chi connectivity index (χ0v) is 15.2. The van der Waals surface area contributed by atoms with Gasteiger partial charge in [-0.3, -0.25) is 9.79 Å². The number of carbonyl (C=O) groups is 1. The van der Waals surface area contributed by atoms with Gasteiger partial charge in [0.05, 0.1) is 35.2 Å². The molecule has 0 aromatic heterocycles. The molecule has 0 bridgehead atoms. The number of amides is 1. The summed E-state index contributed by atoms with van der Waals surface area (Å²) in [5.41, 5.74) is 1.77. The van der Waals surface area contributed by atoms with E-state index in [1.54, 1.807) is 0 Å². The molecule has 2 fully saturated rings. The van der Waals surface area contributed by atoms with Crippen molar-refractivity contribution in [2.75, 3.05) is 5.75 Å². The molecule has 1 unspecified atom stereocenters. The van der Waals surface area contributed by atoms with E-state index in [1.165, 1.54) is 19.3 Å². The highest BCUT2D eigenvalue weighted by Crippen LogP contribution is 2.30. The van der Waals surface area contributed by atoms with Crippen LogP contribution in [0.2, 0.25) is 0 Å². The Morgan fingerprint density at radius 2 is 2.04 bits per heavy atom. The second-order valence-electron chi connectivity index (χ2n) is 7.33. The Morgan fingerprint density at radius 3 is 2.76 bits per heavy atom. The van der Waals surface area contributed by atoms with Crippen molar-refractivity contribution < 1.29 is 9.90 Å². The summed E-state index contributed by atoms with van der Waals surface area (Å²) in [5, 5.41) is 13.1. The maximum Gasteiger partial charge on any atom is 0.238 e. The van der Waals surface area contributed by atoms with Crippen molar-refractivity contribution in [3.05, 3.63) is 23.9 Å². The Labute approximate surface area is 152 Å². The van der Waals surface area contributed by atoms with Crippen molar-refractivity contribution >= 4 is 29.2 Å². The van der Waals surface area contributed by atoms with Crippen LogP contribution in [0.25, 0.3) is 0 Å². The minimum Gasteiger partial charge on any atom is -0.393 e. The summed E-state index contributed by atoms with van der Waals surface area (Å²) in [6.45, 7) is 0. The van der Waals surface area contributed by atoms with E-state index in [-0.39, 0.29) is 17.9 Å². The molecule has 1 amide bonds. The average Bonchev–Trinajstić information content (AvgIpc) is 2.57. The number of rotatable bonds is 4. The Bertz CT molecular complexity index is 656. The van der Waals surface area contributed by atoms with E-state index < -0.39 is 0 Å². The first-order chi connectivity index (χ1) is 12.2. The third kappa shape index (κ3) is 4.06. The zero-order valence-electron chi connectivity index (χ0n) is 14.4. The number of thioether (sulfide) groups is 1. The van der Waals surface area contributed by atoms with Crippen LogP contribution in [0.4, 0.5) is 0 Å². The number of carbonyl (C=O) groups excluding carboxylic acids is 1. The van der Waals surface area contributed by atoms with Gasteiger partial charge in [-0.25, -0.2) is 4.99 Å². The van der Waals surface area contributed by atoms with Crippen LogP contribution < -0.4 is 5.32 Å². The molecule has 0 saturated heterocycles. The van der Waals surface area contributed by atoms with Gasteiger partial charge in [-0.1, -0.05) is 6.08 Å². The summed E-state index contributed by atoms with van der Waals surface area (Å²) in [6, 6.07) is 0.450. The molecular weight excluding hydrogens is 334 g/mol. The van der Waals surface area contributed by atoms with Crippen molar-refractivity contribution in [1.82, 2.24) is 5.32 Å². The number of hydrogen-bond acceptors (Lipinski definition) is 5. The number of nitrogens with zero attached hydrogens (tertiary/aromatic N) is 2. The highest BCUT2D eigenvalue weighted by molar-refractivity contribution is 8.00. The fourth-order valence-electron chi connectivity index (χ4n) is 3.59. The minimum atomic E-state index is -0.279. The largest absolute Gasteiger partial charge is 0.393 e. The van der Waals surface area contributed by atoms with Crippen LogP contribution >= 0.6 is 11.8 Å². The summed E-state index contributed by atoms with van der Waals surface area (Å²) < 4.78 is 0. The molecule has 0 aromatic rings. The SMILES string of the molecule is O=C1NC(CSC2CCC(O)CC2)=NC2=CC(=NC3CCC3)C=CC12. The molecular formula is C19H25N3O2S. The number of nitrogens with one attached hydrogen (secondary N) is 1. The van der Waals surface area contributed by atoms with Crippen LogP contribution in [0.5, 0.6) is 0 Å². The van der Waals surface area contributed by atoms with Gasteiger partial charge in [-0.2, -0.15) is 11.8 Å². The molecule has 2 saturated carbocycles. The molecule has 0 radical (unpaired) electrons. The van der Waals surface area contributed by atoms with Crippen molar-refractivity contribution in [1.29, 1.82) is 0 Å². The van der Waals surface area contributed by atoms with Gasteiger partial charge in [0.15, 0.2) is 0 Å². The van der Waals surface area contributed by atoms with E-state index in [2.05, 4.69) is 5.32 Å². The number of aliphatic imine (C=N–C) groups is 2. The standard InChI is InChI=1S/C19H25N3O2S/c23-14-5-7-15(8-6-14)25-11-18-21-17-10-13(20-12-2-1-3-12)4-9-16(17)19(24)22-18/h4,9-10,12,14-16,23H,1-3,5-8,11H2,(H,21,22,24). The number of aliphatic hydroxyl groups excluding tert-OH is 1. The molecule has 0 spiro atoms. The first-order valence-electron chi connectivity index (χ1n) is 9.33. The molecule has 1 aliphatic heterocycles. The van der Waals surface area contributed by atoms with Crippen LogP contribution in [0.15, 0.2) is 33.9 Å². The fraction of sp³-hybridized carbons (Fsp3) is 0.632. The quantitative estimate of drug-likeness (QED) is 0.810. The van der Waals surface area contributed by atoms with E-state index >= 15 is 0 Å². The highest BCUT2D eigenvalue weighted by atomic mass is 32.2. The molecule has 3 aliphatic carbocycles. The number of hydrogen-bond donors (Lipinski definition) is 2. The number of allylic oxidation sites excluding steroid dienone is 2. The average molecular weight is 359 g/mol. The van der Waals surface area contributed by atoms with E-state index in [9.17, 15) is 9.90 Å². The molecule has 0 aromatic carbocycles. The Kier molecular flexibility index (Phi) is 5.08. The van der Waals surface area contributed by atoms with Crippen LogP contribution in [0.3, 0.4) is 0 Å². The van der Waals surface area contributed by atoms with Gasteiger partial charge in [0.25, 0.3) is 0 Å². The third-order valence-corrected chi connectivity index (χ3v) is 6.78. The lowest BCUT2D eigenvalue weighted by Crippen LogP contribution is -2.42. The van der Waals surface area contributed by atoms with Crippen LogP contribution in [-0.2, 0) is 4.79 Å². The molecule has 1 heterocycles. The van der Waals surface area contributed by atoms with Gasteiger partial charge in [0.2, 0.25) is 5.91 Å². The maximum atomic E-state index is 12.4. The number of amidine groups is 1. The third-order valence-electron chi connectivity index (χ3n) is 5.39. The molecule has 5 nitrogen and oxygen atoms in total. The first kappa shape index (κ1) is 17.0. The van der Waals surface area contributed by atoms with Crippen LogP contribution in [-0.4, -0.2) is 45.7 Å². The van der Waals surface area contributed by atoms with Crippen LogP contribution in [0.1, 0.15) is 44.9 Å². The maximum absolute atomic E-state index is 12.4. The normalized spacial score (nSPS) is 34.0. The van der Waals surface area contributed by atoms with E-state index in [0.29, 0.717) is 11.3 Å². The predicted molar refractivity (Wildman–Crippen MR) is 102 cm³/mol. The van der Waals surface area contributed by atoms with E-state index in [4.69, 9.17) is 9.98 Å². The monoisotopic (exact) mass is 359 g/mol. The lowest BCUT2D eigenvalue weighted by atomic mass is 9.92. The molecule has 4 rings (SSSR count). The second-order valence-corrected chi connectivity index (χ2v) is 8.62. The Hall–Kier alpha value is -1.40. The van der Waals surface area contributed by atoms with Gasteiger partial charge >= 0.3 is 0 Å². The van der Waals surface area contributed by atoms with Crippen molar-refractivity contribution in [2.24, 2.45) is 15.9 Å². The highest BCUT2D eigenvalue weighted by Gasteiger charge is 2.30. The summed E-state index contributed by atoms with van der Waals surface area (Å²) in [5.74, 6) is 1.20. The Morgan fingerprint density at radius 1 is 1.24 bits per heavy atom. The number of fused-ring (bicyclic) bond motifs is 1. The number of aliphatic hydroxyl groups is 1. The van der Waals surface area contributed by atoms with Crippen molar-refractivity contribution in [3.63, 3.8) is 0 Å². The lowest BCUT2D eigenvalue weighted by molar-refractivity contribution is -0.121. The minimum absolute atomic E-state index is 0.00913.